The van der Waals surface area contributed by atoms with Gasteiger partial charge in [0, 0.05) is 16.7 Å². The lowest BCUT2D eigenvalue weighted by Gasteiger charge is -2.14. The van der Waals surface area contributed by atoms with E-state index in [9.17, 15) is 9.18 Å². The van der Waals surface area contributed by atoms with Crippen LogP contribution in [0.3, 0.4) is 0 Å². The largest absolute Gasteiger partial charge is 0.349 e. The molecular formula is C24H18FN3OS. The van der Waals surface area contributed by atoms with E-state index in [1.165, 1.54) is 23.9 Å². The summed E-state index contributed by atoms with van der Waals surface area (Å²) in [5, 5.41) is 1.53. The minimum Gasteiger partial charge on any atom is -0.349 e. The molecule has 0 unspecified atom stereocenters. The highest BCUT2D eigenvalue weighted by Crippen LogP contribution is 2.28. The number of aryl methyl sites for hydroxylation is 1. The summed E-state index contributed by atoms with van der Waals surface area (Å²) < 4.78 is 14.9. The Morgan fingerprint density at radius 3 is 2.53 bits per heavy atom. The van der Waals surface area contributed by atoms with Crippen molar-refractivity contribution in [3.8, 4) is 5.69 Å². The Bertz CT molecular complexity index is 1440. The van der Waals surface area contributed by atoms with Crippen molar-refractivity contribution in [2.24, 2.45) is 0 Å². The first-order valence-corrected chi connectivity index (χ1v) is 10.6. The Morgan fingerprint density at radius 1 is 1.00 bits per heavy atom. The second-order valence-electron chi connectivity index (χ2n) is 7.13. The number of halogens is 1. The first kappa shape index (κ1) is 18.6. The van der Waals surface area contributed by atoms with Crippen molar-refractivity contribution in [1.82, 2.24) is 14.5 Å². The zero-order chi connectivity index (χ0) is 20.7. The lowest BCUT2D eigenvalue weighted by Crippen LogP contribution is -2.22. The first-order valence-electron chi connectivity index (χ1n) is 9.58. The predicted octanol–water partition coefficient (Wildman–Crippen LogP) is 5.61. The normalized spacial score (nSPS) is 11.4. The second kappa shape index (κ2) is 7.46. The Balaban J connectivity index is 1.72. The number of aromatic nitrogens is 3. The number of nitrogens with one attached hydrogen (secondary N) is 1. The van der Waals surface area contributed by atoms with Crippen molar-refractivity contribution in [2.45, 2.75) is 17.8 Å². The molecule has 0 spiro atoms. The van der Waals surface area contributed by atoms with Crippen molar-refractivity contribution in [1.29, 1.82) is 0 Å². The Kier molecular flexibility index (Phi) is 4.64. The SMILES string of the molecule is Cc1ccccc1-n1c(SCc2ccc(F)cc2)nc2c([nH]c3ccccc32)c1=O. The third-order valence-electron chi connectivity index (χ3n) is 5.13. The molecule has 2 heterocycles. The number of fused-ring (bicyclic) bond motifs is 3. The molecule has 5 rings (SSSR count). The molecule has 0 aliphatic rings. The number of benzene rings is 3. The molecule has 0 amide bonds. The van der Waals surface area contributed by atoms with Gasteiger partial charge in [0.05, 0.1) is 5.69 Å². The van der Waals surface area contributed by atoms with Crippen LogP contribution in [0.4, 0.5) is 4.39 Å². The number of hydrogen-bond acceptors (Lipinski definition) is 3. The lowest BCUT2D eigenvalue weighted by atomic mass is 10.2. The number of nitrogens with zero attached hydrogens (tertiary/aromatic N) is 2. The smallest absolute Gasteiger partial charge is 0.283 e. The second-order valence-corrected chi connectivity index (χ2v) is 8.07. The molecule has 0 bridgehead atoms. The van der Waals surface area contributed by atoms with Gasteiger partial charge in [-0.1, -0.05) is 60.3 Å². The van der Waals surface area contributed by atoms with Gasteiger partial charge in [-0.3, -0.25) is 9.36 Å². The molecule has 0 atom stereocenters. The van der Waals surface area contributed by atoms with Gasteiger partial charge in [0.25, 0.3) is 5.56 Å². The molecule has 0 fully saturated rings. The van der Waals surface area contributed by atoms with Gasteiger partial charge < -0.3 is 4.98 Å². The lowest BCUT2D eigenvalue weighted by molar-refractivity contribution is 0.627. The predicted molar refractivity (Wildman–Crippen MR) is 120 cm³/mol. The number of para-hydroxylation sites is 2. The molecule has 0 saturated heterocycles. The fraction of sp³-hybridized carbons (Fsp3) is 0.0833. The molecule has 3 aromatic carbocycles. The molecule has 0 aliphatic carbocycles. The third kappa shape index (κ3) is 3.19. The van der Waals surface area contributed by atoms with E-state index in [4.69, 9.17) is 4.98 Å². The number of rotatable bonds is 4. The molecule has 30 heavy (non-hydrogen) atoms. The van der Waals surface area contributed by atoms with Gasteiger partial charge in [0.1, 0.15) is 16.9 Å². The van der Waals surface area contributed by atoms with Crippen LogP contribution in [0.25, 0.3) is 27.6 Å². The molecule has 5 aromatic rings. The number of H-pyrrole nitrogens is 1. The van der Waals surface area contributed by atoms with E-state index in [-0.39, 0.29) is 11.4 Å². The number of thioether (sulfide) groups is 1. The van der Waals surface area contributed by atoms with Crippen LogP contribution in [0.5, 0.6) is 0 Å². The molecule has 0 radical (unpaired) electrons. The van der Waals surface area contributed by atoms with Crippen LogP contribution in [0.15, 0.2) is 82.7 Å². The molecule has 2 aromatic heterocycles. The summed E-state index contributed by atoms with van der Waals surface area (Å²) in [6.07, 6.45) is 0. The van der Waals surface area contributed by atoms with Crippen molar-refractivity contribution in [3.05, 3.63) is 100 Å². The van der Waals surface area contributed by atoms with E-state index in [0.717, 1.165) is 27.7 Å². The molecule has 6 heteroatoms. The van der Waals surface area contributed by atoms with Gasteiger partial charge in [-0.15, -0.1) is 0 Å². The zero-order valence-electron chi connectivity index (χ0n) is 16.2. The topological polar surface area (TPSA) is 50.7 Å². The molecule has 148 valence electrons. The highest BCUT2D eigenvalue weighted by Gasteiger charge is 2.18. The highest BCUT2D eigenvalue weighted by molar-refractivity contribution is 7.98. The molecule has 4 nitrogen and oxygen atoms in total. The van der Waals surface area contributed by atoms with Crippen LogP contribution in [-0.2, 0) is 5.75 Å². The van der Waals surface area contributed by atoms with E-state index in [2.05, 4.69) is 4.98 Å². The van der Waals surface area contributed by atoms with Crippen molar-refractivity contribution in [3.63, 3.8) is 0 Å². The van der Waals surface area contributed by atoms with Crippen LogP contribution < -0.4 is 5.56 Å². The van der Waals surface area contributed by atoms with Crippen molar-refractivity contribution >= 4 is 33.7 Å². The van der Waals surface area contributed by atoms with Gasteiger partial charge in [-0.25, -0.2) is 9.37 Å². The zero-order valence-corrected chi connectivity index (χ0v) is 17.0. The quantitative estimate of drug-likeness (QED) is 0.307. The first-order chi connectivity index (χ1) is 14.6. The summed E-state index contributed by atoms with van der Waals surface area (Å²) in [6.45, 7) is 1.98. The summed E-state index contributed by atoms with van der Waals surface area (Å²) in [6, 6.07) is 21.9. The summed E-state index contributed by atoms with van der Waals surface area (Å²) in [7, 11) is 0. The summed E-state index contributed by atoms with van der Waals surface area (Å²) in [5.74, 6) is 0.311. The van der Waals surface area contributed by atoms with Crippen LogP contribution in [0.2, 0.25) is 0 Å². The Morgan fingerprint density at radius 2 is 1.73 bits per heavy atom. The van der Waals surface area contributed by atoms with Crippen LogP contribution >= 0.6 is 11.8 Å². The maximum atomic E-state index is 13.6. The van der Waals surface area contributed by atoms with Gasteiger partial charge >= 0.3 is 0 Å². The maximum Gasteiger partial charge on any atom is 0.283 e. The standard InChI is InChI=1S/C24H18FN3OS/c1-15-6-2-5-9-20(15)28-23(29)22-21(18-7-3-4-8-19(18)26-22)27-24(28)30-14-16-10-12-17(25)13-11-16/h2-13,26H,14H2,1H3. The van der Waals surface area contributed by atoms with Crippen molar-refractivity contribution < 1.29 is 4.39 Å². The van der Waals surface area contributed by atoms with E-state index in [1.807, 2.05) is 55.5 Å². The fourth-order valence-corrected chi connectivity index (χ4v) is 4.55. The Hall–Kier alpha value is -3.38. The van der Waals surface area contributed by atoms with Crippen molar-refractivity contribution in [2.75, 3.05) is 0 Å². The third-order valence-corrected chi connectivity index (χ3v) is 6.14. The van der Waals surface area contributed by atoms with Crippen LogP contribution in [0.1, 0.15) is 11.1 Å². The molecule has 0 aliphatic heterocycles. The summed E-state index contributed by atoms with van der Waals surface area (Å²) in [4.78, 5) is 21.7. The minimum absolute atomic E-state index is 0.132. The van der Waals surface area contributed by atoms with Gasteiger partial charge in [-0.05, 0) is 42.3 Å². The average Bonchev–Trinajstić information content (AvgIpc) is 3.13. The van der Waals surface area contributed by atoms with E-state index in [1.54, 1.807) is 16.7 Å². The number of aromatic amines is 1. The monoisotopic (exact) mass is 415 g/mol. The fourth-order valence-electron chi connectivity index (χ4n) is 3.59. The van der Waals surface area contributed by atoms with E-state index < -0.39 is 0 Å². The van der Waals surface area contributed by atoms with Crippen LogP contribution in [0, 0.1) is 12.7 Å². The van der Waals surface area contributed by atoms with Gasteiger partial charge in [0.2, 0.25) is 0 Å². The van der Waals surface area contributed by atoms with E-state index in [0.29, 0.717) is 21.9 Å². The summed E-state index contributed by atoms with van der Waals surface area (Å²) >= 11 is 1.47. The van der Waals surface area contributed by atoms with E-state index >= 15 is 0 Å². The highest BCUT2D eigenvalue weighted by atomic mass is 32.2. The minimum atomic E-state index is -0.265. The Labute approximate surface area is 176 Å². The number of hydrogen-bond donors (Lipinski definition) is 1. The average molecular weight is 415 g/mol. The maximum absolute atomic E-state index is 13.6. The molecule has 1 N–H and O–H groups in total. The molecule has 0 saturated carbocycles. The van der Waals surface area contributed by atoms with Crippen LogP contribution in [-0.4, -0.2) is 14.5 Å². The van der Waals surface area contributed by atoms with Gasteiger partial charge in [-0.2, -0.15) is 0 Å². The van der Waals surface area contributed by atoms with Gasteiger partial charge in [0.15, 0.2) is 5.16 Å². The molecular weight excluding hydrogens is 397 g/mol. The summed E-state index contributed by atoms with van der Waals surface area (Å²) in [5.41, 5.74) is 4.66.